The predicted molar refractivity (Wildman–Crippen MR) is 208 cm³/mol. The van der Waals surface area contributed by atoms with E-state index in [9.17, 15) is 14.7 Å². The molecule has 1 amide bonds. The van der Waals surface area contributed by atoms with Crippen LogP contribution in [0.1, 0.15) is 70.8 Å². The van der Waals surface area contributed by atoms with Crippen LogP contribution >= 0.6 is 0 Å². The van der Waals surface area contributed by atoms with Gasteiger partial charge in [0.15, 0.2) is 6.29 Å². The fourth-order valence-corrected chi connectivity index (χ4v) is 7.93. The van der Waals surface area contributed by atoms with Gasteiger partial charge in [-0.2, -0.15) is 0 Å². The number of para-hydroxylation sites is 2. The van der Waals surface area contributed by atoms with Crippen molar-refractivity contribution in [3.05, 3.63) is 160 Å². The highest BCUT2D eigenvalue weighted by Crippen LogP contribution is 2.42. The van der Waals surface area contributed by atoms with Gasteiger partial charge in [-0.15, -0.1) is 0 Å². The summed E-state index contributed by atoms with van der Waals surface area (Å²) < 4.78 is 15.5. The number of aromatic amines is 1. The highest BCUT2D eigenvalue weighted by molar-refractivity contribution is 5.93. The van der Waals surface area contributed by atoms with Gasteiger partial charge in [0.2, 0.25) is 0 Å². The Bertz CT molecular complexity index is 2240. The fourth-order valence-electron chi connectivity index (χ4n) is 7.93. The van der Waals surface area contributed by atoms with Gasteiger partial charge in [0.25, 0.3) is 5.91 Å². The smallest absolute Gasteiger partial charge is 0.326 e. The molecule has 4 aromatic carbocycles. The van der Waals surface area contributed by atoms with Crippen molar-refractivity contribution in [1.29, 1.82) is 0 Å². The number of imidazole rings is 1. The van der Waals surface area contributed by atoms with Gasteiger partial charge >= 0.3 is 5.69 Å². The van der Waals surface area contributed by atoms with E-state index >= 15 is 0 Å². The second-order valence-electron chi connectivity index (χ2n) is 14.4. The first-order valence-corrected chi connectivity index (χ1v) is 18.7. The summed E-state index contributed by atoms with van der Waals surface area (Å²) in [4.78, 5) is 35.2. The van der Waals surface area contributed by atoms with Crippen LogP contribution in [-0.4, -0.2) is 56.2 Å². The molecule has 2 aliphatic rings. The molecule has 4 unspecified atom stereocenters. The Kier molecular flexibility index (Phi) is 10.5. The Labute approximate surface area is 314 Å². The third kappa shape index (κ3) is 7.51. The minimum Gasteiger partial charge on any atom is -0.392 e. The van der Waals surface area contributed by atoms with Crippen LogP contribution in [-0.2, 0) is 22.6 Å². The van der Waals surface area contributed by atoms with E-state index in [4.69, 9.17) is 9.47 Å². The second-order valence-corrected chi connectivity index (χ2v) is 14.4. The minimum atomic E-state index is -0.584. The largest absolute Gasteiger partial charge is 0.392 e. The molecule has 6 aromatic rings. The molecular weight excluding hydrogens is 679 g/mol. The number of likely N-dealkylation sites (tertiary alicyclic amines) is 1. The van der Waals surface area contributed by atoms with Crippen molar-refractivity contribution in [3.8, 4) is 11.1 Å². The van der Waals surface area contributed by atoms with Gasteiger partial charge in [-0.1, -0.05) is 91.9 Å². The lowest BCUT2D eigenvalue weighted by Gasteiger charge is -2.44. The standard InChI is InChI=1S/C44H45N5O5/c1-29-40(27-48-23-20-36(21-24-48)49-39-11-5-4-10-38(39)47-44(49)52)53-43(54-41(29)32-14-12-30(28-50)13-15-32)33-18-16-31(17-19-33)37-9-3-2-7-34(37)26-46-42(51)35-8-6-22-45-25-35/h2-19,22,25,29,36,40-41,43,50H,20-21,23-24,26-28H2,1H3,(H,46,51)(H,47,52). The monoisotopic (exact) mass is 723 g/mol. The number of hydrogen-bond acceptors (Lipinski definition) is 7. The van der Waals surface area contributed by atoms with Crippen LogP contribution in [0.15, 0.2) is 126 Å². The Morgan fingerprint density at radius 1 is 0.889 bits per heavy atom. The van der Waals surface area contributed by atoms with Crippen LogP contribution in [0.3, 0.4) is 0 Å². The van der Waals surface area contributed by atoms with Gasteiger partial charge in [0.05, 0.1) is 35.4 Å². The third-order valence-electron chi connectivity index (χ3n) is 11.0. The summed E-state index contributed by atoms with van der Waals surface area (Å²) in [6.45, 7) is 5.03. The van der Waals surface area contributed by atoms with Crippen molar-refractivity contribution in [2.45, 2.75) is 57.5 Å². The number of nitrogens with one attached hydrogen (secondary N) is 2. The van der Waals surface area contributed by atoms with Crippen molar-refractivity contribution >= 4 is 16.9 Å². The number of nitrogens with zero attached hydrogens (tertiary/aromatic N) is 3. The molecule has 0 radical (unpaired) electrons. The van der Waals surface area contributed by atoms with Gasteiger partial charge in [-0.25, -0.2) is 4.79 Å². The van der Waals surface area contributed by atoms with Crippen LogP contribution in [0.25, 0.3) is 22.2 Å². The number of fused-ring (bicyclic) bond motifs is 1. The summed E-state index contributed by atoms with van der Waals surface area (Å²) in [5.41, 5.74) is 8.21. The van der Waals surface area contributed by atoms with Crippen molar-refractivity contribution in [1.82, 2.24) is 24.8 Å². The number of H-pyrrole nitrogens is 1. The van der Waals surface area contributed by atoms with Crippen molar-refractivity contribution in [2.24, 2.45) is 5.92 Å². The van der Waals surface area contributed by atoms with E-state index in [0.29, 0.717) is 12.1 Å². The summed E-state index contributed by atoms with van der Waals surface area (Å²) >= 11 is 0. The van der Waals surface area contributed by atoms with E-state index in [1.807, 2.05) is 71.3 Å². The lowest BCUT2D eigenvalue weighted by Crippen LogP contribution is -2.47. The molecular formula is C44H45N5O5. The average Bonchev–Trinajstić information content (AvgIpc) is 3.57. The maximum atomic E-state index is 12.9. The summed E-state index contributed by atoms with van der Waals surface area (Å²) in [6.07, 6.45) is 4.06. The molecule has 4 atom stereocenters. The number of amides is 1. The van der Waals surface area contributed by atoms with E-state index in [1.165, 1.54) is 0 Å². The number of rotatable bonds is 10. The van der Waals surface area contributed by atoms with Crippen LogP contribution in [0.2, 0.25) is 0 Å². The molecule has 0 aliphatic carbocycles. The molecule has 2 saturated heterocycles. The van der Waals surface area contributed by atoms with Crippen molar-refractivity contribution in [3.63, 3.8) is 0 Å². The first-order chi connectivity index (χ1) is 26.4. The second kappa shape index (κ2) is 15.9. The molecule has 10 heteroatoms. The molecule has 10 nitrogen and oxygen atoms in total. The molecule has 0 bridgehead atoms. The highest BCUT2D eigenvalue weighted by atomic mass is 16.7. The summed E-state index contributed by atoms with van der Waals surface area (Å²) in [7, 11) is 0. The van der Waals surface area contributed by atoms with Gasteiger partial charge in [-0.3, -0.25) is 14.3 Å². The van der Waals surface area contributed by atoms with Crippen molar-refractivity contribution < 1.29 is 19.4 Å². The molecule has 2 fully saturated rings. The molecule has 276 valence electrons. The summed E-state index contributed by atoms with van der Waals surface area (Å²) in [5.74, 6) is -0.110. The van der Waals surface area contributed by atoms with E-state index in [-0.39, 0.29) is 42.4 Å². The number of piperidine rings is 1. The quantitative estimate of drug-likeness (QED) is 0.140. The number of aliphatic hydroxyl groups excluding tert-OH is 1. The number of aromatic nitrogens is 3. The molecule has 2 aromatic heterocycles. The molecule has 2 aliphatic heterocycles. The van der Waals surface area contributed by atoms with E-state index in [0.717, 1.165) is 76.9 Å². The maximum Gasteiger partial charge on any atom is 0.326 e. The number of hydrogen-bond donors (Lipinski definition) is 3. The maximum absolute atomic E-state index is 12.9. The molecule has 54 heavy (non-hydrogen) atoms. The van der Waals surface area contributed by atoms with Gasteiger partial charge in [0, 0.05) is 56.1 Å². The number of carbonyl (C=O) groups is 1. The van der Waals surface area contributed by atoms with Crippen LogP contribution in [0.4, 0.5) is 0 Å². The third-order valence-corrected chi connectivity index (χ3v) is 11.0. The normalized spacial score (nSPS) is 20.9. The Balaban J connectivity index is 0.989. The lowest BCUT2D eigenvalue weighted by atomic mass is 9.89. The summed E-state index contributed by atoms with van der Waals surface area (Å²) in [5, 5.41) is 12.7. The Hall–Kier alpha value is -5.39. The fraction of sp³-hybridized carbons (Fsp3) is 0.295. The number of benzene rings is 4. The topological polar surface area (TPSA) is 122 Å². The van der Waals surface area contributed by atoms with E-state index in [1.54, 1.807) is 24.5 Å². The molecule has 8 rings (SSSR count). The van der Waals surface area contributed by atoms with Gasteiger partial charge < -0.3 is 29.8 Å². The minimum absolute atomic E-state index is 0.0112. The van der Waals surface area contributed by atoms with E-state index in [2.05, 4.69) is 57.4 Å². The number of carbonyl (C=O) groups excluding carboxylic acids is 1. The zero-order chi connectivity index (χ0) is 37.0. The molecule has 0 spiro atoms. The number of pyridine rings is 1. The summed E-state index contributed by atoms with van der Waals surface area (Å²) in [6, 6.07) is 35.9. The molecule has 0 saturated carbocycles. The van der Waals surface area contributed by atoms with Crippen molar-refractivity contribution in [2.75, 3.05) is 19.6 Å². The van der Waals surface area contributed by atoms with E-state index < -0.39 is 6.29 Å². The zero-order valence-corrected chi connectivity index (χ0v) is 30.3. The predicted octanol–water partition coefficient (Wildman–Crippen LogP) is 6.94. The van der Waals surface area contributed by atoms with Crippen LogP contribution < -0.4 is 11.0 Å². The average molecular weight is 724 g/mol. The first-order valence-electron chi connectivity index (χ1n) is 18.7. The van der Waals surface area contributed by atoms with Gasteiger partial charge in [-0.05, 0) is 64.9 Å². The first kappa shape index (κ1) is 35.6. The van der Waals surface area contributed by atoms with Crippen LogP contribution in [0, 0.1) is 5.92 Å². The zero-order valence-electron chi connectivity index (χ0n) is 30.3. The number of aliphatic hydroxyl groups is 1. The molecule has 4 heterocycles. The SMILES string of the molecule is CC1C(CN2CCC(n3c(=O)[nH]c4ccccc43)CC2)OC(c2ccc(-c3ccccc3CNC(=O)c3cccnc3)cc2)OC1c1ccc(CO)cc1. The van der Waals surface area contributed by atoms with Crippen LogP contribution in [0.5, 0.6) is 0 Å². The molecule has 3 N–H and O–H groups in total. The lowest BCUT2D eigenvalue weighted by molar-refractivity contribution is -0.276. The number of ether oxygens (including phenoxy) is 2. The Morgan fingerprint density at radius 2 is 1.63 bits per heavy atom. The Morgan fingerprint density at radius 3 is 2.39 bits per heavy atom. The highest BCUT2D eigenvalue weighted by Gasteiger charge is 2.39. The van der Waals surface area contributed by atoms with Gasteiger partial charge in [0.1, 0.15) is 0 Å².